The minimum absolute atomic E-state index is 0.0327. The number of nitrogens with one attached hydrogen (secondary N) is 1. The van der Waals surface area contributed by atoms with Crippen molar-refractivity contribution < 1.29 is 12.8 Å². The van der Waals surface area contributed by atoms with Gasteiger partial charge in [-0.05, 0) is 80.3 Å². The normalized spacial score (nSPS) is 11.6. The Labute approximate surface area is 164 Å². The topological polar surface area (TPSA) is 72.0 Å². The lowest BCUT2D eigenvalue weighted by molar-refractivity contribution is 0.578. The smallest absolute Gasteiger partial charge is 0.240 e. The Bertz CT molecular complexity index is 1100. The number of benzene rings is 2. The Balaban J connectivity index is 1.87. The lowest BCUT2D eigenvalue weighted by Crippen LogP contribution is -2.26. The van der Waals surface area contributed by atoms with Crippen molar-refractivity contribution in [3.05, 3.63) is 76.5 Å². The van der Waals surface area contributed by atoms with Crippen LogP contribution in [0.3, 0.4) is 0 Å². The van der Waals surface area contributed by atoms with Gasteiger partial charge >= 0.3 is 0 Å². The third-order valence-electron chi connectivity index (χ3n) is 4.87. The average molecular weight is 399 g/mol. The molecule has 0 aliphatic heterocycles. The quantitative estimate of drug-likeness (QED) is 0.704. The molecule has 0 bridgehead atoms. The minimum Gasteiger partial charge on any atom is -0.240 e. The fraction of sp³-hybridized carbons (Fsp3) is 0.238. The number of halogens is 1. The van der Waals surface area contributed by atoms with E-state index in [1.165, 1.54) is 18.5 Å². The largest absolute Gasteiger partial charge is 0.241 e. The first kappa shape index (κ1) is 20.1. The van der Waals surface area contributed by atoms with Gasteiger partial charge in [0.05, 0.1) is 22.8 Å². The summed E-state index contributed by atoms with van der Waals surface area (Å²) in [4.78, 5) is 8.65. The van der Waals surface area contributed by atoms with Crippen LogP contribution < -0.4 is 4.72 Å². The van der Waals surface area contributed by atoms with Gasteiger partial charge in [0.1, 0.15) is 12.1 Å². The van der Waals surface area contributed by atoms with E-state index in [9.17, 15) is 12.8 Å². The van der Waals surface area contributed by atoms with E-state index in [0.717, 1.165) is 27.8 Å². The molecule has 0 aliphatic rings. The van der Waals surface area contributed by atoms with E-state index in [4.69, 9.17) is 0 Å². The van der Waals surface area contributed by atoms with Crippen LogP contribution in [0.15, 0.2) is 47.6 Å². The number of hydrogen-bond donors (Lipinski definition) is 1. The van der Waals surface area contributed by atoms with E-state index in [-0.39, 0.29) is 12.4 Å². The summed E-state index contributed by atoms with van der Waals surface area (Å²) < 4.78 is 41.6. The lowest BCUT2D eigenvalue weighted by Gasteiger charge is -2.16. The fourth-order valence-corrected chi connectivity index (χ4v) is 4.71. The molecule has 3 aromatic rings. The van der Waals surface area contributed by atoms with E-state index in [1.54, 1.807) is 18.2 Å². The minimum atomic E-state index is -3.71. The molecule has 0 aliphatic carbocycles. The first-order valence-corrected chi connectivity index (χ1v) is 10.3. The van der Waals surface area contributed by atoms with Crippen LogP contribution in [0.2, 0.25) is 0 Å². The highest BCUT2D eigenvalue weighted by Crippen LogP contribution is 2.26. The maximum atomic E-state index is 13.1. The molecule has 0 amide bonds. The van der Waals surface area contributed by atoms with Crippen LogP contribution in [0.4, 0.5) is 4.39 Å². The summed E-state index contributed by atoms with van der Waals surface area (Å²) in [7, 11) is -3.71. The molecule has 0 spiro atoms. The zero-order chi connectivity index (χ0) is 20.5. The van der Waals surface area contributed by atoms with E-state index >= 15 is 0 Å². The van der Waals surface area contributed by atoms with Gasteiger partial charge in [0, 0.05) is 5.56 Å². The van der Waals surface area contributed by atoms with Crippen molar-refractivity contribution in [1.29, 1.82) is 0 Å². The van der Waals surface area contributed by atoms with Crippen LogP contribution >= 0.6 is 0 Å². The van der Waals surface area contributed by atoms with Gasteiger partial charge in [-0.2, -0.15) is 0 Å². The standard InChI is InChI=1S/C21H22FN3O2S/c1-13-9-14(2)16(4)21(15(13)3)28(26,27)25-11-19-10-20(24-12-23-19)17-5-7-18(22)8-6-17/h5-10,12,25H,11H2,1-4H3. The second-order valence-corrected chi connectivity index (χ2v) is 8.52. The van der Waals surface area contributed by atoms with E-state index in [0.29, 0.717) is 16.3 Å². The summed E-state index contributed by atoms with van der Waals surface area (Å²) in [6.45, 7) is 7.46. The Kier molecular flexibility index (Phi) is 5.58. The number of nitrogens with zero attached hydrogens (tertiary/aromatic N) is 2. The van der Waals surface area contributed by atoms with Gasteiger partial charge in [-0.1, -0.05) is 6.07 Å². The van der Waals surface area contributed by atoms with Crippen molar-refractivity contribution in [2.24, 2.45) is 0 Å². The van der Waals surface area contributed by atoms with Gasteiger partial charge in [-0.15, -0.1) is 0 Å². The molecule has 2 aromatic carbocycles. The van der Waals surface area contributed by atoms with Crippen LogP contribution in [0, 0.1) is 33.5 Å². The van der Waals surface area contributed by atoms with Crippen molar-refractivity contribution >= 4 is 10.0 Å². The first-order chi connectivity index (χ1) is 13.2. The predicted octanol–water partition coefficient (Wildman–Crippen LogP) is 3.99. The first-order valence-electron chi connectivity index (χ1n) is 8.83. The van der Waals surface area contributed by atoms with Gasteiger partial charge in [-0.25, -0.2) is 27.5 Å². The number of aryl methyl sites for hydroxylation is 2. The molecule has 146 valence electrons. The number of rotatable bonds is 5. The average Bonchev–Trinajstić information content (AvgIpc) is 2.66. The van der Waals surface area contributed by atoms with E-state index < -0.39 is 10.0 Å². The monoisotopic (exact) mass is 399 g/mol. The van der Waals surface area contributed by atoms with Gasteiger partial charge in [0.25, 0.3) is 0 Å². The third kappa shape index (κ3) is 4.10. The molecule has 0 saturated carbocycles. The zero-order valence-electron chi connectivity index (χ0n) is 16.2. The van der Waals surface area contributed by atoms with E-state index in [1.807, 2.05) is 33.8 Å². The van der Waals surface area contributed by atoms with Crippen molar-refractivity contribution in [2.45, 2.75) is 39.1 Å². The highest BCUT2D eigenvalue weighted by molar-refractivity contribution is 7.89. The van der Waals surface area contributed by atoms with E-state index in [2.05, 4.69) is 14.7 Å². The Morgan fingerprint density at radius 1 is 0.929 bits per heavy atom. The van der Waals surface area contributed by atoms with Gasteiger partial charge in [0.2, 0.25) is 10.0 Å². The van der Waals surface area contributed by atoms with Crippen molar-refractivity contribution in [3.63, 3.8) is 0 Å². The lowest BCUT2D eigenvalue weighted by atomic mass is 10.0. The van der Waals surface area contributed by atoms with Crippen LogP contribution in [0.25, 0.3) is 11.3 Å². The molecule has 1 N–H and O–H groups in total. The van der Waals surface area contributed by atoms with Crippen molar-refractivity contribution in [1.82, 2.24) is 14.7 Å². The second-order valence-electron chi connectivity index (χ2n) is 6.82. The number of sulfonamides is 1. The zero-order valence-corrected chi connectivity index (χ0v) is 17.1. The highest BCUT2D eigenvalue weighted by Gasteiger charge is 2.22. The number of hydrogen-bond acceptors (Lipinski definition) is 4. The molecule has 1 aromatic heterocycles. The molecule has 0 unspecified atom stereocenters. The summed E-state index contributed by atoms with van der Waals surface area (Å²) in [5, 5.41) is 0. The van der Waals surface area contributed by atoms with Crippen molar-refractivity contribution in [2.75, 3.05) is 0 Å². The van der Waals surface area contributed by atoms with Crippen molar-refractivity contribution in [3.8, 4) is 11.3 Å². The molecule has 0 saturated heterocycles. The Morgan fingerprint density at radius 2 is 1.54 bits per heavy atom. The maximum absolute atomic E-state index is 13.1. The van der Waals surface area contributed by atoms with Gasteiger partial charge in [-0.3, -0.25) is 0 Å². The molecule has 3 rings (SSSR count). The van der Waals surface area contributed by atoms with Crippen LogP contribution in [-0.4, -0.2) is 18.4 Å². The summed E-state index contributed by atoms with van der Waals surface area (Å²) >= 11 is 0. The summed E-state index contributed by atoms with van der Waals surface area (Å²) in [6.07, 6.45) is 1.37. The van der Waals surface area contributed by atoms with Crippen LogP contribution in [0.1, 0.15) is 27.9 Å². The molecule has 7 heteroatoms. The van der Waals surface area contributed by atoms with Crippen LogP contribution in [-0.2, 0) is 16.6 Å². The second kappa shape index (κ2) is 7.77. The number of aromatic nitrogens is 2. The summed E-state index contributed by atoms with van der Waals surface area (Å²) in [6, 6.07) is 9.62. The summed E-state index contributed by atoms with van der Waals surface area (Å²) in [5.74, 6) is -0.329. The maximum Gasteiger partial charge on any atom is 0.241 e. The third-order valence-corrected chi connectivity index (χ3v) is 6.55. The predicted molar refractivity (Wildman–Crippen MR) is 107 cm³/mol. The molecule has 1 heterocycles. The molecular formula is C21H22FN3O2S. The highest BCUT2D eigenvalue weighted by atomic mass is 32.2. The Hall–Kier alpha value is -2.64. The molecule has 28 heavy (non-hydrogen) atoms. The molecule has 0 fully saturated rings. The van der Waals surface area contributed by atoms with Crippen LogP contribution in [0.5, 0.6) is 0 Å². The SMILES string of the molecule is Cc1cc(C)c(C)c(S(=O)(=O)NCc2cc(-c3ccc(F)cc3)ncn2)c1C. The van der Waals surface area contributed by atoms with Gasteiger partial charge in [0.15, 0.2) is 0 Å². The molecule has 0 atom stereocenters. The van der Waals surface area contributed by atoms with Gasteiger partial charge < -0.3 is 0 Å². The fourth-order valence-electron chi connectivity index (χ4n) is 3.10. The molecule has 5 nitrogen and oxygen atoms in total. The Morgan fingerprint density at radius 3 is 2.14 bits per heavy atom. The molecular weight excluding hydrogens is 377 g/mol. The molecule has 0 radical (unpaired) electrons. The summed E-state index contributed by atoms with van der Waals surface area (Å²) in [5.41, 5.74) is 5.21.